The standard InChI is InChI=1S/C23H23NO6S/c1-12-10-19(25)30-17-11-14(8-9-15(12)17)29-13(2)21(26)24-22-20(23(27)28-3)16-6-4-5-7-18(16)31-22/h8-11,13H,4-7H2,1-3H3,(H,24,26)/t13-/m0/s1. The lowest BCUT2D eigenvalue weighted by Crippen LogP contribution is -2.30. The minimum Gasteiger partial charge on any atom is -0.481 e. The lowest BCUT2D eigenvalue weighted by molar-refractivity contribution is -0.122. The molecule has 2 aromatic heterocycles. The fraction of sp³-hybridized carbons (Fsp3) is 0.348. The van der Waals surface area contributed by atoms with Crippen LogP contribution in [-0.2, 0) is 22.4 Å². The fourth-order valence-electron chi connectivity index (χ4n) is 3.82. The van der Waals surface area contributed by atoms with Crippen molar-refractivity contribution >= 4 is 39.2 Å². The summed E-state index contributed by atoms with van der Waals surface area (Å²) in [6, 6.07) is 6.54. The monoisotopic (exact) mass is 441 g/mol. The van der Waals surface area contributed by atoms with E-state index in [2.05, 4.69) is 5.32 Å². The molecule has 162 valence electrons. The zero-order valence-corrected chi connectivity index (χ0v) is 18.4. The molecule has 1 N–H and O–H groups in total. The maximum absolute atomic E-state index is 12.8. The molecule has 4 rings (SSSR count). The third kappa shape index (κ3) is 4.20. The molecule has 0 fully saturated rings. The molecule has 0 saturated heterocycles. The fourth-order valence-corrected chi connectivity index (χ4v) is 5.10. The van der Waals surface area contributed by atoms with E-state index in [1.54, 1.807) is 25.1 Å². The Kier molecular flexibility index (Phi) is 5.82. The molecule has 0 bridgehead atoms. The molecule has 0 saturated carbocycles. The van der Waals surface area contributed by atoms with Crippen molar-refractivity contribution in [3.05, 3.63) is 56.3 Å². The van der Waals surface area contributed by atoms with Gasteiger partial charge < -0.3 is 19.2 Å². The first-order valence-corrected chi connectivity index (χ1v) is 10.9. The number of amides is 1. The minimum atomic E-state index is -0.835. The number of aryl methyl sites for hydroxylation is 2. The molecule has 0 aliphatic heterocycles. The summed E-state index contributed by atoms with van der Waals surface area (Å²) in [6.45, 7) is 3.45. The van der Waals surface area contributed by atoms with E-state index in [1.165, 1.54) is 24.5 Å². The van der Waals surface area contributed by atoms with Gasteiger partial charge in [-0.25, -0.2) is 9.59 Å². The second kappa shape index (κ2) is 8.55. The Labute approximate surface area is 183 Å². The van der Waals surface area contributed by atoms with Gasteiger partial charge in [0.1, 0.15) is 16.3 Å². The van der Waals surface area contributed by atoms with E-state index in [0.717, 1.165) is 47.1 Å². The third-order valence-electron chi connectivity index (χ3n) is 5.40. The van der Waals surface area contributed by atoms with Gasteiger partial charge in [0, 0.05) is 22.4 Å². The second-order valence-corrected chi connectivity index (χ2v) is 8.67. The molecule has 0 spiro atoms. The summed E-state index contributed by atoms with van der Waals surface area (Å²) in [7, 11) is 1.34. The van der Waals surface area contributed by atoms with Crippen LogP contribution in [0.4, 0.5) is 5.00 Å². The van der Waals surface area contributed by atoms with Gasteiger partial charge in [-0.15, -0.1) is 11.3 Å². The summed E-state index contributed by atoms with van der Waals surface area (Å²) in [5, 5.41) is 4.14. The highest BCUT2D eigenvalue weighted by atomic mass is 32.1. The summed E-state index contributed by atoms with van der Waals surface area (Å²) in [5.41, 5.74) is 2.19. The number of hydrogen-bond acceptors (Lipinski definition) is 7. The molecule has 0 radical (unpaired) electrons. The number of nitrogens with one attached hydrogen (secondary N) is 1. The molecule has 7 nitrogen and oxygen atoms in total. The van der Waals surface area contributed by atoms with Crippen LogP contribution in [0.2, 0.25) is 0 Å². The molecule has 2 heterocycles. The maximum Gasteiger partial charge on any atom is 0.341 e. The Morgan fingerprint density at radius 1 is 1.19 bits per heavy atom. The van der Waals surface area contributed by atoms with Crippen molar-refractivity contribution in [1.29, 1.82) is 0 Å². The minimum absolute atomic E-state index is 0.380. The number of fused-ring (bicyclic) bond motifs is 2. The molecule has 1 aromatic carbocycles. The predicted octanol–water partition coefficient (Wildman–Crippen LogP) is 4.23. The van der Waals surface area contributed by atoms with Gasteiger partial charge >= 0.3 is 11.6 Å². The van der Waals surface area contributed by atoms with Crippen molar-refractivity contribution < 1.29 is 23.5 Å². The van der Waals surface area contributed by atoms with Crippen LogP contribution < -0.4 is 15.7 Å². The van der Waals surface area contributed by atoms with Crippen LogP contribution in [0.1, 0.15) is 46.1 Å². The van der Waals surface area contributed by atoms with Gasteiger partial charge in [-0.05, 0) is 62.8 Å². The number of benzene rings is 1. The van der Waals surface area contributed by atoms with Crippen molar-refractivity contribution in [2.24, 2.45) is 0 Å². The van der Waals surface area contributed by atoms with Crippen molar-refractivity contribution in [3.63, 3.8) is 0 Å². The Balaban J connectivity index is 1.54. The van der Waals surface area contributed by atoms with E-state index in [-0.39, 0.29) is 5.91 Å². The Morgan fingerprint density at radius 3 is 2.74 bits per heavy atom. The molecule has 1 amide bonds. The number of anilines is 1. The van der Waals surface area contributed by atoms with Gasteiger partial charge in [0.2, 0.25) is 0 Å². The van der Waals surface area contributed by atoms with E-state index in [1.807, 2.05) is 6.92 Å². The molecule has 31 heavy (non-hydrogen) atoms. The van der Waals surface area contributed by atoms with E-state index >= 15 is 0 Å². The number of carbonyl (C=O) groups excluding carboxylic acids is 2. The molecule has 1 aliphatic carbocycles. The summed E-state index contributed by atoms with van der Waals surface area (Å²) < 4.78 is 16.0. The van der Waals surface area contributed by atoms with Crippen molar-refractivity contribution in [2.75, 3.05) is 12.4 Å². The topological polar surface area (TPSA) is 94.8 Å². The van der Waals surface area contributed by atoms with E-state index in [4.69, 9.17) is 13.9 Å². The third-order valence-corrected chi connectivity index (χ3v) is 6.61. The molecule has 3 aromatic rings. The van der Waals surface area contributed by atoms with Crippen LogP contribution >= 0.6 is 11.3 Å². The quantitative estimate of drug-likeness (QED) is 0.470. The summed E-state index contributed by atoms with van der Waals surface area (Å²) in [4.78, 5) is 37.9. The summed E-state index contributed by atoms with van der Waals surface area (Å²) in [6.07, 6.45) is 2.95. The zero-order valence-electron chi connectivity index (χ0n) is 17.6. The number of esters is 1. The van der Waals surface area contributed by atoms with Crippen LogP contribution in [0.5, 0.6) is 5.75 Å². The lowest BCUT2D eigenvalue weighted by Gasteiger charge is -2.15. The lowest BCUT2D eigenvalue weighted by atomic mass is 9.95. The molecule has 1 aliphatic rings. The second-order valence-electron chi connectivity index (χ2n) is 7.56. The van der Waals surface area contributed by atoms with Crippen LogP contribution in [0.25, 0.3) is 11.0 Å². The molecule has 0 unspecified atom stereocenters. The van der Waals surface area contributed by atoms with Gasteiger partial charge in [0.25, 0.3) is 5.91 Å². The number of carbonyl (C=O) groups is 2. The SMILES string of the molecule is COC(=O)c1c(NC(=O)[C@H](C)Oc2ccc3c(C)cc(=O)oc3c2)sc2c1CCCC2. The molecular formula is C23H23NO6S. The van der Waals surface area contributed by atoms with Gasteiger partial charge in [-0.1, -0.05) is 0 Å². The summed E-state index contributed by atoms with van der Waals surface area (Å²) >= 11 is 1.42. The zero-order chi connectivity index (χ0) is 22.1. The average Bonchev–Trinajstić information content (AvgIpc) is 3.10. The first kappa shape index (κ1) is 21.1. The van der Waals surface area contributed by atoms with Crippen LogP contribution in [0.3, 0.4) is 0 Å². The highest BCUT2D eigenvalue weighted by Crippen LogP contribution is 2.38. The van der Waals surface area contributed by atoms with Crippen molar-refractivity contribution in [1.82, 2.24) is 0 Å². The van der Waals surface area contributed by atoms with Gasteiger partial charge in [0.05, 0.1) is 12.7 Å². The maximum atomic E-state index is 12.8. The Bertz CT molecular complexity index is 1220. The molecular weight excluding hydrogens is 418 g/mol. The highest BCUT2D eigenvalue weighted by Gasteiger charge is 2.28. The largest absolute Gasteiger partial charge is 0.481 e. The summed E-state index contributed by atoms with van der Waals surface area (Å²) in [5.74, 6) is -0.416. The van der Waals surface area contributed by atoms with Crippen LogP contribution in [-0.4, -0.2) is 25.1 Å². The average molecular weight is 442 g/mol. The van der Waals surface area contributed by atoms with Gasteiger partial charge in [-0.2, -0.15) is 0 Å². The smallest absolute Gasteiger partial charge is 0.341 e. The van der Waals surface area contributed by atoms with E-state index in [0.29, 0.717) is 21.9 Å². The predicted molar refractivity (Wildman–Crippen MR) is 118 cm³/mol. The Hall–Kier alpha value is -3.13. The number of hydrogen-bond donors (Lipinski definition) is 1. The first-order valence-electron chi connectivity index (χ1n) is 10.1. The van der Waals surface area contributed by atoms with Crippen LogP contribution in [0, 0.1) is 6.92 Å². The number of methoxy groups -OCH3 is 1. The van der Waals surface area contributed by atoms with Crippen molar-refractivity contribution in [2.45, 2.75) is 45.6 Å². The van der Waals surface area contributed by atoms with Gasteiger partial charge in [-0.3, -0.25) is 4.79 Å². The number of thiophene rings is 1. The van der Waals surface area contributed by atoms with Crippen molar-refractivity contribution in [3.8, 4) is 5.75 Å². The number of ether oxygens (including phenoxy) is 2. The van der Waals surface area contributed by atoms with E-state index in [9.17, 15) is 14.4 Å². The Morgan fingerprint density at radius 2 is 1.97 bits per heavy atom. The first-order chi connectivity index (χ1) is 14.9. The van der Waals surface area contributed by atoms with Gasteiger partial charge in [0.15, 0.2) is 6.10 Å². The highest BCUT2D eigenvalue weighted by molar-refractivity contribution is 7.17. The normalized spacial score (nSPS) is 14.0. The van der Waals surface area contributed by atoms with E-state index < -0.39 is 17.7 Å². The number of rotatable bonds is 5. The molecule has 8 heteroatoms. The van der Waals surface area contributed by atoms with Crippen LogP contribution in [0.15, 0.2) is 33.5 Å². The molecule has 1 atom stereocenters.